The van der Waals surface area contributed by atoms with E-state index in [0.717, 1.165) is 6.92 Å². The molecular weight excluding hydrogens is 200 g/mol. The van der Waals surface area contributed by atoms with Crippen molar-refractivity contribution in [3.05, 3.63) is 11.4 Å². The predicted molar refractivity (Wildman–Crippen MR) is 42.8 cm³/mol. The molecule has 1 aromatic rings. The van der Waals surface area contributed by atoms with Crippen molar-refractivity contribution >= 4 is 12.6 Å². The summed E-state index contributed by atoms with van der Waals surface area (Å²) in [5, 5.41) is 20.8. The Hall–Kier alpha value is -1.02. The molecule has 14 heavy (non-hydrogen) atoms. The maximum Gasteiger partial charge on any atom is 0.504 e. The van der Waals surface area contributed by atoms with Crippen molar-refractivity contribution in [3.63, 3.8) is 0 Å². The molecule has 1 heterocycles. The molecule has 2 N–H and O–H groups in total. The highest BCUT2D eigenvalue weighted by molar-refractivity contribution is 6.59. The summed E-state index contributed by atoms with van der Waals surface area (Å²) in [7, 11) is -1.94. The van der Waals surface area contributed by atoms with E-state index in [0.29, 0.717) is 0 Å². The summed E-state index contributed by atoms with van der Waals surface area (Å²) < 4.78 is 36.5. The number of alkyl halides is 3. The van der Waals surface area contributed by atoms with Gasteiger partial charge in [0, 0.05) is 11.2 Å². The molecule has 0 bridgehead atoms. The van der Waals surface area contributed by atoms with Crippen LogP contribution in [0.3, 0.4) is 0 Å². The molecule has 0 saturated carbocycles. The van der Waals surface area contributed by atoms with Gasteiger partial charge >= 0.3 is 13.4 Å². The molecule has 0 saturated heterocycles. The molecule has 0 unspecified atom stereocenters. The molecule has 0 amide bonds. The lowest BCUT2D eigenvalue weighted by molar-refractivity contribution is -0.213. The van der Waals surface area contributed by atoms with Gasteiger partial charge in [-0.2, -0.15) is 9.78 Å². The number of halogens is 3. The SMILES string of the molecule is Cc1nn(C(F)(F)F)c(C)c1B(O)O. The standard InChI is InChI=1S/C6H8BF3N2O2/c1-3-5(7(13)14)4(2)12(11-3)6(8,9)10/h13-14H,1-2H3. The van der Waals surface area contributed by atoms with Gasteiger partial charge in [0.15, 0.2) is 0 Å². The highest BCUT2D eigenvalue weighted by Gasteiger charge is 2.36. The van der Waals surface area contributed by atoms with E-state index >= 15 is 0 Å². The van der Waals surface area contributed by atoms with Crippen LogP contribution in [0.2, 0.25) is 0 Å². The molecule has 0 aliphatic carbocycles. The lowest BCUT2D eigenvalue weighted by Gasteiger charge is -2.08. The van der Waals surface area contributed by atoms with E-state index in [9.17, 15) is 13.2 Å². The van der Waals surface area contributed by atoms with Gasteiger partial charge in [-0.3, -0.25) is 0 Å². The van der Waals surface area contributed by atoms with E-state index in [1.54, 1.807) is 0 Å². The van der Waals surface area contributed by atoms with E-state index in [-0.39, 0.29) is 21.5 Å². The second-order valence-corrected chi connectivity index (χ2v) is 2.84. The monoisotopic (exact) mass is 208 g/mol. The quantitative estimate of drug-likeness (QED) is 0.620. The van der Waals surface area contributed by atoms with Gasteiger partial charge in [-0.05, 0) is 13.8 Å². The maximum atomic E-state index is 12.2. The summed E-state index contributed by atoms with van der Waals surface area (Å²) in [4.78, 5) is 0. The molecule has 0 aromatic carbocycles. The first-order valence-corrected chi connectivity index (χ1v) is 3.74. The molecule has 0 aliphatic heterocycles. The van der Waals surface area contributed by atoms with Gasteiger partial charge < -0.3 is 10.0 Å². The third kappa shape index (κ3) is 1.75. The van der Waals surface area contributed by atoms with Gasteiger partial charge in [0.2, 0.25) is 0 Å². The first kappa shape index (κ1) is 11.1. The molecule has 78 valence electrons. The summed E-state index contributed by atoms with van der Waals surface area (Å²) in [5.74, 6) is 0. The van der Waals surface area contributed by atoms with Crippen LogP contribution < -0.4 is 5.46 Å². The average Bonchev–Trinajstić information content (AvgIpc) is 2.24. The second-order valence-electron chi connectivity index (χ2n) is 2.84. The molecule has 8 heteroatoms. The van der Waals surface area contributed by atoms with Crippen LogP contribution >= 0.6 is 0 Å². The van der Waals surface area contributed by atoms with Crippen LogP contribution in [0.1, 0.15) is 11.4 Å². The van der Waals surface area contributed by atoms with Crippen molar-refractivity contribution in [3.8, 4) is 0 Å². The fraction of sp³-hybridized carbons (Fsp3) is 0.500. The summed E-state index contributed by atoms with van der Waals surface area (Å²) in [6.07, 6.45) is -4.64. The smallest absolute Gasteiger partial charge is 0.423 e. The fourth-order valence-corrected chi connectivity index (χ4v) is 1.28. The Morgan fingerprint density at radius 1 is 1.29 bits per heavy atom. The van der Waals surface area contributed by atoms with E-state index in [4.69, 9.17) is 10.0 Å². The zero-order valence-corrected chi connectivity index (χ0v) is 7.50. The number of hydrogen-bond donors (Lipinski definition) is 2. The highest BCUT2D eigenvalue weighted by Crippen LogP contribution is 2.22. The van der Waals surface area contributed by atoms with Crippen LogP contribution in [0.25, 0.3) is 0 Å². The van der Waals surface area contributed by atoms with Crippen LogP contribution in [0, 0.1) is 13.8 Å². The minimum Gasteiger partial charge on any atom is -0.423 e. The van der Waals surface area contributed by atoms with Crippen LogP contribution in [-0.4, -0.2) is 26.9 Å². The average molecular weight is 208 g/mol. The molecule has 1 rings (SSSR count). The number of nitrogens with zero attached hydrogens (tertiary/aromatic N) is 2. The minimum atomic E-state index is -4.64. The van der Waals surface area contributed by atoms with Gasteiger partial charge in [-0.15, -0.1) is 13.2 Å². The molecular formula is C6H8BF3N2O2. The second kappa shape index (κ2) is 3.28. The summed E-state index contributed by atoms with van der Waals surface area (Å²) in [5.41, 5.74) is -0.567. The van der Waals surface area contributed by atoms with Crippen LogP contribution in [-0.2, 0) is 6.30 Å². The number of aromatic nitrogens is 2. The van der Waals surface area contributed by atoms with Crippen LogP contribution in [0.15, 0.2) is 0 Å². The van der Waals surface area contributed by atoms with Gasteiger partial charge in [0.1, 0.15) is 0 Å². The molecule has 0 spiro atoms. The largest absolute Gasteiger partial charge is 0.504 e. The number of rotatable bonds is 1. The summed E-state index contributed by atoms with van der Waals surface area (Å²) in [6, 6.07) is 0. The Bertz CT molecular complexity index is 348. The van der Waals surface area contributed by atoms with Crippen LogP contribution in [0.5, 0.6) is 0 Å². The summed E-state index contributed by atoms with van der Waals surface area (Å²) in [6.45, 7) is 2.41. The topological polar surface area (TPSA) is 58.3 Å². The Morgan fingerprint density at radius 3 is 2.00 bits per heavy atom. The first-order valence-electron chi connectivity index (χ1n) is 3.74. The van der Waals surface area contributed by atoms with Crippen molar-refractivity contribution in [2.75, 3.05) is 0 Å². The van der Waals surface area contributed by atoms with Gasteiger partial charge in [-0.1, -0.05) is 0 Å². The zero-order chi connectivity index (χ0) is 11.1. The number of aryl methyl sites for hydroxylation is 1. The van der Waals surface area contributed by atoms with E-state index in [1.165, 1.54) is 6.92 Å². The van der Waals surface area contributed by atoms with E-state index in [2.05, 4.69) is 5.10 Å². The van der Waals surface area contributed by atoms with E-state index < -0.39 is 13.4 Å². The molecule has 0 fully saturated rings. The molecule has 1 aromatic heterocycles. The van der Waals surface area contributed by atoms with Gasteiger partial charge in [0.05, 0.1) is 5.69 Å². The third-order valence-electron chi connectivity index (χ3n) is 1.85. The Balaban J connectivity index is 3.31. The van der Waals surface area contributed by atoms with Crippen molar-refractivity contribution < 1.29 is 23.2 Å². The fourth-order valence-electron chi connectivity index (χ4n) is 1.28. The van der Waals surface area contributed by atoms with Crippen molar-refractivity contribution in [2.24, 2.45) is 0 Å². The number of hydrogen-bond acceptors (Lipinski definition) is 3. The third-order valence-corrected chi connectivity index (χ3v) is 1.85. The van der Waals surface area contributed by atoms with Gasteiger partial charge in [-0.25, -0.2) is 0 Å². The van der Waals surface area contributed by atoms with E-state index in [1.807, 2.05) is 0 Å². The zero-order valence-electron chi connectivity index (χ0n) is 7.50. The maximum absolute atomic E-state index is 12.2. The van der Waals surface area contributed by atoms with Crippen molar-refractivity contribution in [2.45, 2.75) is 20.1 Å². The molecule has 0 aliphatic rings. The summed E-state index contributed by atoms with van der Waals surface area (Å²) >= 11 is 0. The first-order chi connectivity index (χ1) is 6.25. The van der Waals surface area contributed by atoms with Crippen molar-refractivity contribution in [1.82, 2.24) is 9.78 Å². The Kier molecular flexibility index (Phi) is 2.59. The normalized spacial score (nSPS) is 11.9. The highest BCUT2D eigenvalue weighted by atomic mass is 19.4. The molecule has 0 atom stereocenters. The lowest BCUT2D eigenvalue weighted by Crippen LogP contribution is -2.34. The molecule has 4 nitrogen and oxygen atoms in total. The lowest BCUT2D eigenvalue weighted by atomic mass is 9.78. The molecule has 0 radical (unpaired) electrons. The Morgan fingerprint density at radius 2 is 1.79 bits per heavy atom. The van der Waals surface area contributed by atoms with Crippen LogP contribution in [0.4, 0.5) is 13.2 Å². The predicted octanol–water partition coefficient (Wildman–Crippen LogP) is -0.344. The minimum absolute atomic E-state index is 0.0465. The van der Waals surface area contributed by atoms with Gasteiger partial charge in [0.25, 0.3) is 0 Å². The van der Waals surface area contributed by atoms with Crippen molar-refractivity contribution in [1.29, 1.82) is 0 Å². The Labute approximate surface area is 78.1 Å².